The van der Waals surface area contributed by atoms with Gasteiger partial charge in [-0.2, -0.15) is 0 Å². The Morgan fingerprint density at radius 1 is 1.04 bits per heavy atom. The van der Waals surface area contributed by atoms with E-state index in [2.05, 4.69) is 0 Å². The van der Waals surface area contributed by atoms with Crippen LogP contribution in [0.25, 0.3) is 5.57 Å². The van der Waals surface area contributed by atoms with Crippen molar-refractivity contribution in [2.45, 2.75) is 6.92 Å². The molecular weight excluding hydrogens is 346 g/mol. The number of imide groups is 1. The molecule has 0 aliphatic carbocycles. The number of halogens is 1. The highest BCUT2D eigenvalue weighted by Gasteiger charge is 2.37. The van der Waals surface area contributed by atoms with Crippen molar-refractivity contribution in [1.82, 2.24) is 0 Å². The lowest BCUT2D eigenvalue weighted by Gasteiger charge is -2.13. The SMILES string of the molecule is COc1ccc(N2C(=O)S/C(=C(/C)c3ccc(Cl)cc3)C2=O)cc1. The van der Waals surface area contributed by atoms with Crippen LogP contribution in [0, 0.1) is 0 Å². The van der Waals surface area contributed by atoms with E-state index < -0.39 is 0 Å². The van der Waals surface area contributed by atoms with Crippen LogP contribution in [0.1, 0.15) is 12.5 Å². The Balaban J connectivity index is 1.95. The molecule has 1 saturated heterocycles. The van der Waals surface area contributed by atoms with Gasteiger partial charge < -0.3 is 4.74 Å². The molecule has 0 spiro atoms. The van der Waals surface area contributed by atoms with E-state index >= 15 is 0 Å². The fourth-order valence-electron chi connectivity index (χ4n) is 2.38. The molecule has 24 heavy (non-hydrogen) atoms. The van der Waals surface area contributed by atoms with Crippen molar-refractivity contribution in [2.24, 2.45) is 0 Å². The minimum absolute atomic E-state index is 0.312. The molecule has 1 fully saturated rings. The van der Waals surface area contributed by atoms with Crippen molar-refractivity contribution in [3.63, 3.8) is 0 Å². The van der Waals surface area contributed by atoms with E-state index in [9.17, 15) is 9.59 Å². The molecule has 0 saturated carbocycles. The van der Waals surface area contributed by atoms with Crippen LogP contribution in [0.2, 0.25) is 5.02 Å². The molecule has 0 N–H and O–H groups in total. The summed E-state index contributed by atoms with van der Waals surface area (Å²) in [6.45, 7) is 1.83. The number of hydrogen-bond acceptors (Lipinski definition) is 4. The van der Waals surface area contributed by atoms with Crippen LogP contribution in [-0.4, -0.2) is 18.3 Å². The van der Waals surface area contributed by atoms with Gasteiger partial charge in [-0.3, -0.25) is 9.59 Å². The molecule has 2 aromatic rings. The van der Waals surface area contributed by atoms with E-state index in [-0.39, 0.29) is 11.1 Å². The Morgan fingerprint density at radius 3 is 2.25 bits per heavy atom. The van der Waals surface area contributed by atoms with Gasteiger partial charge in [0.15, 0.2) is 0 Å². The first kappa shape index (κ1) is 16.6. The van der Waals surface area contributed by atoms with Crippen molar-refractivity contribution in [2.75, 3.05) is 12.0 Å². The lowest BCUT2D eigenvalue weighted by atomic mass is 10.1. The average molecular weight is 360 g/mol. The topological polar surface area (TPSA) is 46.6 Å². The summed E-state index contributed by atoms with van der Waals surface area (Å²) in [5, 5.41) is 0.311. The van der Waals surface area contributed by atoms with Gasteiger partial charge in [-0.05, 0) is 66.2 Å². The number of thioether (sulfide) groups is 1. The molecule has 2 amide bonds. The third-order valence-electron chi connectivity index (χ3n) is 3.72. The minimum Gasteiger partial charge on any atom is -0.497 e. The number of ether oxygens (including phenoxy) is 1. The summed E-state index contributed by atoms with van der Waals surface area (Å²) in [5.74, 6) is 0.348. The number of anilines is 1. The van der Waals surface area contributed by atoms with Gasteiger partial charge in [0, 0.05) is 5.02 Å². The Bertz CT molecular complexity index is 828. The van der Waals surface area contributed by atoms with E-state index in [1.807, 2.05) is 19.1 Å². The number of benzene rings is 2. The number of allylic oxidation sites excluding steroid dienone is 1. The second-order valence-electron chi connectivity index (χ2n) is 5.17. The lowest BCUT2D eigenvalue weighted by Crippen LogP contribution is -2.27. The fraction of sp³-hybridized carbons (Fsp3) is 0.111. The number of rotatable bonds is 3. The van der Waals surface area contributed by atoms with E-state index in [4.69, 9.17) is 16.3 Å². The molecule has 6 heteroatoms. The van der Waals surface area contributed by atoms with Crippen molar-refractivity contribution in [3.05, 3.63) is 64.0 Å². The number of methoxy groups -OCH3 is 1. The van der Waals surface area contributed by atoms with E-state index in [0.29, 0.717) is 21.4 Å². The third kappa shape index (κ3) is 3.05. The summed E-state index contributed by atoms with van der Waals surface area (Å²) in [4.78, 5) is 26.7. The molecule has 0 radical (unpaired) electrons. The summed E-state index contributed by atoms with van der Waals surface area (Å²) in [6, 6.07) is 14.0. The highest BCUT2D eigenvalue weighted by atomic mass is 35.5. The zero-order chi connectivity index (χ0) is 17.3. The molecule has 0 aromatic heterocycles. The molecule has 1 aliphatic rings. The van der Waals surface area contributed by atoms with Crippen LogP contribution in [0.3, 0.4) is 0 Å². The maximum Gasteiger partial charge on any atom is 0.298 e. The van der Waals surface area contributed by atoms with Crippen LogP contribution >= 0.6 is 23.4 Å². The number of hydrogen-bond donors (Lipinski definition) is 0. The normalized spacial score (nSPS) is 16.5. The van der Waals surface area contributed by atoms with Gasteiger partial charge in [-0.25, -0.2) is 4.90 Å². The standard InChI is InChI=1S/C18H14ClNO3S/c1-11(12-3-5-13(19)6-4-12)16-17(21)20(18(22)24-16)14-7-9-15(23-2)10-8-14/h3-10H,1-2H3/b16-11-. The monoisotopic (exact) mass is 359 g/mol. The third-order valence-corrected chi connectivity index (χ3v) is 5.01. The first-order valence-electron chi connectivity index (χ1n) is 7.18. The first-order valence-corrected chi connectivity index (χ1v) is 8.38. The molecule has 1 heterocycles. The zero-order valence-corrected chi connectivity index (χ0v) is 14.6. The van der Waals surface area contributed by atoms with Crippen LogP contribution in [0.5, 0.6) is 5.75 Å². The minimum atomic E-state index is -0.317. The van der Waals surface area contributed by atoms with Gasteiger partial charge in [-0.15, -0.1) is 0 Å². The molecular formula is C18H14ClNO3S. The molecule has 0 unspecified atom stereocenters. The molecule has 4 nitrogen and oxygen atoms in total. The molecule has 0 atom stereocenters. The second kappa shape index (κ2) is 6.71. The van der Waals surface area contributed by atoms with Gasteiger partial charge in [0.1, 0.15) is 5.75 Å². The largest absolute Gasteiger partial charge is 0.497 e. The van der Waals surface area contributed by atoms with Crippen LogP contribution < -0.4 is 9.64 Å². The van der Waals surface area contributed by atoms with Crippen molar-refractivity contribution in [1.29, 1.82) is 0 Å². The molecule has 1 aliphatic heterocycles. The van der Waals surface area contributed by atoms with Crippen LogP contribution in [-0.2, 0) is 4.79 Å². The van der Waals surface area contributed by atoms with Crippen LogP contribution in [0.4, 0.5) is 10.5 Å². The number of carbonyl (C=O) groups is 2. The highest BCUT2D eigenvalue weighted by molar-refractivity contribution is 8.19. The second-order valence-corrected chi connectivity index (χ2v) is 6.57. The van der Waals surface area contributed by atoms with E-state index in [1.54, 1.807) is 43.5 Å². The van der Waals surface area contributed by atoms with E-state index in [0.717, 1.165) is 22.9 Å². The van der Waals surface area contributed by atoms with Crippen molar-refractivity contribution in [3.8, 4) is 5.75 Å². The van der Waals surface area contributed by atoms with Gasteiger partial charge >= 0.3 is 0 Å². The molecule has 122 valence electrons. The molecule has 3 rings (SSSR count). The Kier molecular flexibility index (Phi) is 4.64. The predicted molar refractivity (Wildman–Crippen MR) is 97.5 cm³/mol. The Hall–Kier alpha value is -2.24. The number of amides is 2. The zero-order valence-electron chi connectivity index (χ0n) is 13.1. The summed E-state index contributed by atoms with van der Waals surface area (Å²) >= 11 is 6.84. The van der Waals surface area contributed by atoms with Crippen molar-refractivity contribution < 1.29 is 14.3 Å². The Labute approximate surface area is 149 Å². The summed E-state index contributed by atoms with van der Waals surface area (Å²) < 4.78 is 5.10. The molecule has 0 bridgehead atoms. The van der Waals surface area contributed by atoms with Gasteiger partial charge in [0.2, 0.25) is 0 Å². The van der Waals surface area contributed by atoms with E-state index in [1.165, 1.54) is 4.90 Å². The van der Waals surface area contributed by atoms with Gasteiger partial charge in [0.05, 0.1) is 17.7 Å². The predicted octanol–water partition coefficient (Wildman–Crippen LogP) is 4.98. The quantitative estimate of drug-likeness (QED) is 0.725. The lowest BCUT2D eigenvalue weighted by molar-refractivity contribution is -0.113. The average Bonchev–Trinajstić information content (AvgIpc) is 2.89. The Morgan fingerprint density at radius 2 is 1.67 bits per heavy atom. The molecule has 2 aromatic carbocycles. The number of nitrogens with zero attached hydrogens (tertiary/aromatic N) is 1. The first-order chi connectivity index (χ1) is 11.5. The highest BCUT2D eigenvalue weighted by Crippen LogP contribution is 2.39. The maximum absolute atomic E-state index is 12.7. The smallest absolute Gasteiger partial charge is 0.298 e. The summed E-state index contributed by atoms with van der Waals surface area (Å²) in [6.07, 6.45) is 0. The van der Waals surface area contributed by atoms with Crippen molar-refractivity contribution >= 4 is 45.8 Å². The van der Waals surface area contributed by atoms with Gasteiger partial charge in [0.25, 0.3) is 11.1 Å². The van der Waals surface area contributed by atoms with Gasteiger partial charge in [-0.1, -0.05) is 23.7 Å². The maximum atomic E-state index is 12.7. The summed E-state index contributed by atoms with van der Waals surface area (Å²) in [7, 11) is 1.56. The summed E-state index contributed by atoms with van der Waals surface area (Å²) in [5.41, 5.74) is 2.14. The fourth-order valence-corrected chi connectivity index (χ4v) is 3.41. The van der Waals surface area contributed by atoms with Crippen LogP contribution in [0.15, 0.2) is 53.4 Å². The number of carbonyl (C=O) groups excluding carboxylic acids is 2.